The maximum absolute atomic E-state index is 10.9. The number of carbonyl (C=O) groups is 1. The van der Waals surface area contributed by atoms with Gasteiger partial charge in [-0.05, 0) is 33.6 Å². The van der Waals surface area contributed by atoms with E-state index < -0.39 is 5.54 Å². The van der Waals surface area contributed by atoms with Crippen molar-refractivity contribution in [3.8, 4) is 0 Å². The predicted molar refractivity (Wildman–Crippen MR) is 103 cm³/mol. The number of hydrogen-bond acceptors (Lipinski definition) is 3. The summed E-state index contributed by atoms with van der Waals surface area (Å²) in [6, 6.07) is 0. The molecule has 0 amide bonds. The third-order valence-electron chi connectivity index (χ3n) is 3.75. The van der Waals surface area contributed by atoms with Gasteiger partial charge in [0.1, 0.15) is 5.78 Å². The van der Waals surface area contributed by atoms with E-state index in [2.05, 4.69) is 31.1 Å². The van der Waals surface area contributed by atoms with Crippen LogP contribution in [0.4, 0.5) is 0 Å². The second-order valence-corrected chi connectivity index (χ2v) is 7.91. The third-order valence-corrected chi connectivity index (χ3v) is 3.75. The second-order valence-electron chi connectivity index (χ2n) is 7.91. The van der Waals surface area contributed by atoms with Gasteiger partial charge in [-0.25, -0.2) is 4.68 Å². The molecule has 1 aromatic rings. The molecule has 1 rings (SSSR count). The molecule has 0 aliphatic rings. The summed E-state index contributed by atoms with van der Waals surface area (Å²) in [6.07, 6.45) is 6.35. The van der Waals surface area contributed by atoms with Crippen molar-refractivity contribution >= 4 is 5.78 Å². The quantitative estimate of drug-likeness (QED) is 0.714. The van der Waals surface area contributed by atoms with Crippen molar-refractivity contribution in [1.82, 2.24) is 15.0 Å². The van der Waals surface area contributed by atoms with E-state index in [0.717, 1.165) is 19.3 Å². The maximum Gasteiger partial charge on any atom is 1.00 e. The van der Waals surface area contributed by atoms with E-state index in [9.17, 15) is 4.79 Å². The molecule has 0 fully saturated rings. The van der Waals surface area contributed by atoms with Crippen molar-refractivity contribution in [1.29, 1.82) is 0 Å². The van der Waals surface area contributed by atoms with Crippen LogP contribution in [0.2, 0.25) is 0 Å². The Morgan fingerprint density at radius 3 is 1.84 bits per heavy atom. The van der Waals surface area contributed by atoms with Crippen molar-refractivity contribution in [2.24, 2.45) is 5.41 Å². The Morgan fingerprint density at radius 2 is 1.60 bits per heavy atom. The molecular weight excluding hydrogens is 339 g/mol. The van der Waals surface area contributed by atoms with Gasteiger partial charge in [-0.3, -0.25) is 4.79 Å². The van der Waals surface area contributed by atoms with Gasteiger partial charge < -0.3 is 5.73 Å². The molecule has 6 heteroatoms. The molecule has 25 heavy (non-hydrogen) atoms. The van der Waals surface area contributed by atoms with E-state index in [1.54, 1.807) is 13.1 Å². The Hall–Kier alpha value is 0.406. The molecule has 0 spiro atoms. The van der Waals surface area contributed by atoms with E-state index in [0.29, 0.717) is 5.78 Å². The summed E-state index contributed by atoms with van der Waals surface area (Å²) >= 11 is 0. The number of rotatable bonds is 6. The number of hydrogen-bond donors (Lipinski definition) is 0. The largest absolute Gasteiger partial charge is 1.00 e. The molecular formula is C19H39KN4O. The fourth-order valence-corrected chi connectivity index (χ4v) is 2.49. The molecule has 0 radical (unpaired) electrons. The van der Waals surface area contributed by atoms with Gasteiger partial charge in [0.25, 0.3) is 0 Å². The molecule has 0 atom stereocenters. The van der Waals surface area contributed by atoms with Gasteiger partial charge in [0.2, 0.25) is 0 Å². The van der Waals surface area contributed by atoms with Crippen LogP contribution in [0.15, 0.2) is 12.4 Å². The summed E-state index contributed by atoms with van der Waals surface area (Å²) in [5.74, 6) is 0.296. The molecule has 0 unspecified atom stereocenters. The van der Waals surface area contributed by atoms with Crippen LogP contribution in [0.3, 0.4) is 0 Å². The van der Waals surface area contributed by atoms with Crippen LogP contribution in [0.1, 0.15) is 88.5 Å². The van der Waals surface area contributed by atoms with Crippen molar-refractivity contribution in [2.45, 2.75) is 99.6 Å². The molecule has 0 aliphatic heterocycles. The number of carbonyl (C=O) groups excluding carboxylic acids is 1. The molecule has 142 valence electrons. The minimum Gasteiger partial charge on any atom is -0.672 e. The van der Waals surface area contributed by atoms with Crippen LogP contribution in [-0.2, 0) is 10.3 Å². The second kappa shape index (κ2) is 13.6. The molecule has 0 aliphatic carbocycles. The average Bonchev–Trinajstić information content (AvgIpc) is 2.93. The minimum absolute atomic E-state index is 0. The van der Waals surface area contributed by atoms with Crippen molar-refractivity contribution in [3.63, 3.8) is 0 Å². The van der Waals surface area contributed by atoms with E-state index in [-0.39, 0.29) is 62.3 Å². The van der Waals surface area contributed by atoms with E-state index >= 15 is 0 Å². The summed E-state index contributed by atoms with van der Waals surface area (Å²) in [6.45, 7) is 19.7. The molecule has 0 aromatic carbocycles. The van der Waals surface area contributed by atoms with Crippen LogP contribution in [0, 0.1) is 5.41 Å². The molecule has 5 nitrogen and oxygen atoms in total. The van der Waals surface area contributed by atoms with Gasteiger partial charge in [-0.15, -0.1) is 10.6 Å². The number of Topliss-reactive ketones (excluding diaryl/α,β-unsaturated/α-hetero) is 1. The fourth-order valence-electron chi connectivity index (χ4n) is 2.49. The standard InChI is InChI=1S/C9H17N4.C8H16O.C2H6.K/c1-8(2,10)7-9(3,4)13-6-5-11-12-13;1-5-6-8(3,4)7(2)9;1-2;/h5-6,10H,7H2,1-4H3;5-6H2,1-4H3;1-2H3;/q-1;;;+1. The summed E-state index contributed by atoms with van der Waals surface area (Å²) in [5.41, 5.74) is 7.17. The summed E-state index contributed by atoms with van der Waals surface area (Å²) < 4.78 is 1.81. The molecule has 0 saturated heterocycles. The van der Waals surface area contributed by atoms with Crippen molar-refractivity contribution in [3.05, 3.63) is 18.1 Å². The van der Waals surface area contributed by atoms with Gasteiger partial charge in [0.15, 0.2) is 0 Å². The minimum atomic E-state index is -0.435. The first kappa shape index (κ1) is 30.1. The zero-order valence-corrected chi connectivity index (χ0v) is 21.6. The number of nitrogens with one attached hydrogen (secondary N) is 1. The van der Waals surface area contributed by atoms with Crippen LogP contribution >= 0.6 is 0 Å². The van der Waals surface area contributed by atoms with Crippen molar-refractivity contribution in [2.75, 3.05) is 0 Å². The monoisotopic (exact) mass is 378 g/mol. The van der Waals surface area contributed by atoms with Crippen LogP contribution in [0.5, 0.6) is 0 Å². The maximum atomic E-state index is 10.9. The van der Waals surface area contributed by atoms with E-state index in [4.69, 9.17) is 5.73 Å². The van der Waals surface area contributed by atoms with Crippen LogP contribution in [0.25, 0.3) is 5.73 Å². The topological polar surface area (TPSA) is 71.6 Å². The van der Waals surface area contributed by atoms with Crippen LogP contribution < -0.4 is 51.4 Å². The van der Waals surface area contributed by atoms with Crippen molar-refractivity contribution < 1.29 is 56.2 Å². The first-order valence-electron chi connectivity index (χ1n) is 8.95. The van der Waals surface area contributed by atoms with E-state index in [1.165, 1.54) is 0 Å². The molecule has 1 aromatic heterocycles. The van der Waals surface area contributed by atoms with Crippen LogP contribution in [-0.4, -0.2) is 26.3 Å². The number of aromatic nitrogens is 3. The van der Waals surface area contributed by atoms with Gasteiger partial charge in [-0.2, -0.15) is 0 Å². The number of ketones is 1. The first-order valence-corrected chi connectivity index (χ1v) is 8.95. The summed E-state index contributed by atoms with van der Waals surface area (Å²) in [7, 11) is 0. The zero-order valence-electron chi connectivity index (χ0n) is 18.5. The summed E-state index contributed by atoms with van der Waals surface area (Å²) in [5, 5.41) is 7.73. The normalized spacial score (nSPS) is 11.3. The molecule has 0 saturated carbocycles. The summed E-state index contributed by atoms with van der Waals surface area (Å²) in [4.78, 5) is 10.9. The predicted octanol–water partition coefficient (Wildman–Crippen LogP) is 2.67. The smallest absolute Gasteiger partial charge is 0.672 e. The van der Waals surface area contributed by atoms with Gasteiger partial charge in [0, 0.05) is 11.6 Å². The van der Waals surface area contributed by atoms with Gasteiger partial charge >= 0.3 is 51.4 Å². The Morgan fingerprint density at radius 1 is 1.12 bits per heavy atom. The van der Waals surface area contributed by atoms with Gasteiger partial charge in [0.05, 0.1) is 11.7 Å². The number of nitrogens with zero attached hydrogens (tertiary/aromatic N) is 3. The fraction of sp³-hybridized carbons (Fsp3) is 0.842. The Bertz CT molecular complexity index is 448. The average molecular weight is 379 g/mol. The molecule has 0 bridgehead atoms. The zero-order chi connectivity index (χ0) is 19.6. The van der Waals surface area contributed by atoms with Gasteiger partial charge in [-0.1, -0.05) is 60.1 Å². The Kier molecular flexibility index (Phi) is 16.3. The first-order chi connectivity index (χ1) is 10.8. The SMILES string of the molecule is CC.CC(C)([NH-])CC(C)(C)n1ccnn1.CCCC(C)(C)C(C)=O.[K+]. The third kappa shape index (κ3) is 14.2. The Balaban J connectivity index is -0.000000358. The molecule has 1 heterocycles. The Labute approximate surface area is 198 Å². The van der Waals surface area contributed by atoms with E-state index in [1.807, 2.05) is 52.4 Å². The molecule has 1 N–H and O–H groups in total.